The highest BCUT2D eigenvalue weighted by atomic mass is 16.5. The Labute approximate surface area is 342 Å². The molecule has 1 amide bonds. The van der Waals surface area contributed by atoms with Gasteiger partial charge in [0.1, 0.15) is 0 Å². The van der Waals surface area contributed by atoms with Gasteiger partial charge in [-0.25, -0.2) is 0 Å². The Hall–Kier alpha value is -1.40. The lowest BCUT2D eigenvalue weighted by Crippen LogP contribution is -2.45. The number of amides is 1. The molecule has 6 nitrogen and oxygen atoms in total. The van der Waals surface area contributed by atoms with E-state index in [2.05, 4.69) is 19.2 Å². The van der Waals surface area contributed by atoms with Crippen LogP contribution in [0.5, 0.6) is 0 Å². The number of carbonyl (C=O) groups is 2. The molecule has 0 aromatic carbocycles. The Morgan fingerprint density at radius 3 is 1.24 bits per heavy atom. The molecule has 2 unspecified atom stereocenters. The number of esters is 1. The normalized spacial score (nSPS) is 12.7. The Balaban J connectivity index is 3.40. The molecule has 0 aliphatic rings. The van der Waals surface area contributed by atoms with Crippen molar-refractivity contribution >= 4 is 11.9 Å². The highest BCUT2D eigenvalue weighted by Crippen LogP contribution is 2.16. The molecule has 0 fully saturated rings. The molecule has 55 heavy (non-hydrogen) atoms. The van der Waals surface area contributed by atoms with Crippen LogP contribution >= 0.6 is 0 Å². The van der Waals surface area contributed by atoms with Gasteiger partial charge in [-0.2, -0.15) is 0 Å². The molecular formula is C49H95NO5. The molecule has 6 heteroatoms. The molecule has 0 aromatic rings. The van der Waals surface area contributed by atoms with Crippen LogP contribution < -0.4 is 5.32 Å². The number of aliphatic hydroxyl groups excluding tert-OH is 2. The SMILES string of the molecule is CCCCCCCCC/C=C/C(O)C(CO)NC(=O)CCCCCCCCCCCCCCCCCCCCOC(=O)CCCCCCCCCCCCC. The number of unbranched alkanes of at least 4 members (excludes halogenated alkanes) is 34. The maximum atomic E-state index is 12.3. The second kappa shape index (κ2) is 45.3. The highest BCUT2D eigenvalue weighted by Gasteiger charge is 2.18. The molecule has 326 valence electrons. The zero-order valence-electron chi connectivity index (χ0n) is 36.9. The first kappa shape index (κ1) is 53.6. The molecule has 0 heterocycles. The van der Waals surface area contributed by atoms with E-state index in [0.717, 1.165) is 38.5 Å². The van der Waals surface area contributed by atoms with Gasteiger partial charge in [0.05, 0.1) is 25.4 Å². The van der Waals surface area contributed by atoms with Gasteiger partial charge in [-0.1, -0.05) is 231 Å². The van der Waals surface area contributed by atoms with Crippen LogP contribution in [0.25, 0.3) is 0 Å². The van der Waals surface area contributed by atoms with Crippen LogP contribution in [0, 0.1) is 0 Å². The lowest BCUT2D eigenvalue weighted by molar-refractivity contribution is -0.143. The molecular weight excluding hydrogens is 683 g/mol. The molecule has 0 aliphatic carbocycles. The monoisotopic (exact) mass is 778 g/mol. The first-order valence-corrected chi connectivity index (χ1v) is 24.5. The van der Waals surface area contributed by atoms with Crippen LogP contribution in [-0.4, -0.2) is 47.4 Å². The number of hydrogen-bond acceptors (Lipinski definition) is 5. The fourth-order valence-electron chi connectivity index (χ4n) is 7.51. The van der Waals surface area contributed by atoms with E-state index in [1.165, 1.54) is 199 Å². The summed E-state index contributed by atoms with van der Waals surface area (Å²) in [6, 6.07) is -0.627. The molecule has 0 saturated heterocycles. The van der Waals surface area contributed by atoms with E-state index in [0.29, 0.717) is 19.4 Å². The smallest absolute Gasteiger partial charge is 0.305 e. The van der Waals surface area contributed by atoms with E-state index >= 15 is 0 Å². The third-order valence-electron chi connectivity index (χ3n) is 11.3. The number of hydrogen-bond donors (Lipinski definition) is 3. The van der Waals surface area contributed by atoms with E-state index < -0.39 is 12.1 Å². The number of rotatable bonds is 45. The molecule has 0 bridgehead atoms. The van der Waals surface area contributed by atoms with Gasteiger partial charge in [-0.3, -0.25) is 9.59 Å². The number of allylic oxidation sites excluding steroid dienone is 1. The molecule has 3 N–H and O–H groups in total. The van der Waals surface area contributed by atoms with Crippen molar-refractivity contribution in [1.82, 2.24) is 5.32 Å². The zero-order chi connectivity index (χ0) is 40.1. The zero-order valence-corrected chi connectivity index (χ0v) is 36.9. The van der Waals surface area contributed by atoms with Crippen LogP contribution in [0.4, 0.5) is 0 Å². The summed E-state index contributed by atoms with van der Waals surface area (Å²) in [5.74, 6) is -0.0688. The molecule has 2 atom stereocenters. The van der Waals surface area contributed by atoms with Crippen molar-refractivity contribution in [2.45, 2.75) is 276 Å². The van der Waals surface area contributed by atoms with Gasteiger partial charge in [-0.15, -0.1) is 0 Å². The van der Waals surface area contributed by atoms with Gasteiger partial charge in [-0.05, 0) is 32.1 Å². The minimum atomic E-state index is -0.843. The fourth-order valence-corrected chi connectivity index (χ4v) is 7.51. The molecule has 0 aromatic heterocycles. The van der Waals surface area contributed by atoms with Crippen LogP contribution in [0.2, 0.25) is 0 Å². The number of nitrogens with one attached hydrogen (secondary N) is 1. The second-order valence-electron chi connectivity index (χ2n) is 16.8. The third kappa shape index (κ3) is 42.0. The standard InChI is InChI=1S/C49H95NO5/c1-3-5-7-9-11-13-22-27-31-35-39-43-49(54)55-44-40-36-32-28-24-21-19-17-15-14-16-18-20-23-26-30-34-38-42-48(53)50-46(45-51)47(52)41-37-33-29-25-12-10-8-6-4-2/h37,41,46-47,51-52H,3-36,38-40,42-45H2,1-2H3,(H,50,53)/b41-37+. The topological polar surface area (TPSA) is 95.9 Å². The quantitative estimate of drug-likeness (QED) is 0.0325. The van der Waals surface area contributed by atoms with Crippen LogP contribution in [0.15, 0.2) is 12.2 Å². The summed E-state index contributed by atoms with van der Waals surface area (Å²) in [6.07, 6.45) is 50.7. The summed E-state index contributed by atoms with van der Waals surface area (Å²) in [7, 11) is 0. The number of aliphatic hydroxyl groups is 2. The Bertz CT molecular complexity index is 817. The maximum absolute atomic E-state index is 12.3. The maximum Gasteiger partial charge on any atom is 0.305 e. The first-order valence-electron chi connectivity index (χ1n) is 24.5. The summed E-state index contributed by atoms with van der Waals surface area (Å²) < 4.78 is 5.45. The molecule has 0 spiro atoms. The summed E-state index contributed by atoms with van der Waals surface area (Å²) in [5, 5.41) is 22.9. The van der Waals surface area contributed by atoms with Crippen molar-refractivity contribution < 1.29 is 24.5 Å². The van der Waals surface area contributed by atoms with E-state index in [1.54, 1.807) is 6.08 Å². The van der Waals surface area contributed by atoms with Gasteiger partial charge in [0.2, 0.25) is 5.91 Å². The minimum Gasteiger partial charge on any atom is -0.466 e. The summed E-state index contributed by atoms with van der Waals surface area (Å²) in [4.78, 5) is 24.3. The van der Waals surface area contributed by atoms with Gasteiger partial charge in [0.15, 0.2) is 0 Å². The number of carbonyl (C=O) groups excluding carboxylic acids is 2. The van der Waals surface area contributed by atoms with Gasteiger partial charge >= 0.3 is 5.97 Å². The molecule has 0 radical (unpaired) electrons. The lowest BCUT2D eigenvalue weighted by Gasteiger charge is -2.20. The molecule has 0 aliphatic heterocycles. The van der Waals surface area contributed by atoms with E-state index in [4.69, 9.17) is 4.74 Å². The van der Waals surface area contributed by atoms with Crippen molar-refractivity contribution in [2.24, 2.45) is 0 Å². The highest BCUT2D eigenvalue weighted by molar-refractivity contribution is 5.76. The van der Waals surface area contributed by atoms with Crippen molar-refractivity contribution in [2.75, 3.05) is 13.2 Å². The third-order valence-corrected chi connectivity index (χ3v) is 11.3. The van der Waals surface area contributed by atoms with Crippen molar-refractivity contribution in [3.8, 4) is 0 Å². The van der Waals surface area contributed by atoms with Crippen molar-refractivity contribution in [1.29, 1.82) is 0 Å². The predicted octanol–water partition coefficient (Wildman–Crippen LogP) is 14.2. The minimum absolute atomic E-state index is 0.00570. The van der Waals surface area contributed by atoms with Gasteiger partial charge in [0, 0.05) is 12.8 Å². The summed E-state index contributed by atoms with van der Waals surface area (Å²) in [5.41, 5.74) is 0. The Morgan fingerprint density at radius 1 is 0.491 bits per heavy atom. The predicted molar refractivity (Wildman–Crippen MR) is 237 cm³/mol. The van der Waals surface area contributed by atoms with E-state index in [-0.39, 0.29) is 18.5 Å². The summed E-state index contributed by atoms with van der Waals surface area (Å²) in [6.45, 7) is 4.86. The fraction of sp³-hybridized carbons (Fsp3) is 0.918. The van der Waals surface area contributed by atoms with Crippen LogP contribution in [0.3, 0.4) is 0 Å². The average molecular weight is 778 g/mol. The Morgan fingerprint density at radius 2 is 0.836 bits per heavy atom. The van der Waals surface area contributed by atoms with E-state index in [9.17, 15) is 19.8 Å². The van der Waals surface area contributed by atoms with Gasteiger partial charge in [0.25, 0.3) is 0 Å². The second-order valence-corrected chi connectivity index (χ2v) is 16.8. The van der Waals surface area contributed by atoms with Crippen LogP contribution in [0.1, 0.15) is 264 Å². The molecule has 0 saturated carbocycles. The number of ether oxygens (including phenoxy) is 1. The lowest BCUT2D eigenvalue weighted by atomic mass is 10.0. The van der Waals surface area contributed by atoms with Crippen LogP contribution in [-0.2, 0) is 14.3 Å². The van der Waals surface area contributed by atoms with Gasteiger partial charge < -0.3 is 20.3 Å². The van der Waals surface area contributed by atoms with Crippen molar-refractivity contribution in [3.05, 3.63) is 12.2 Å². The van der Waals surface area contributed by atoms with E-state index in [1.807, 2.05) is 6.08 Å². The average Bonchev–Trinajstić information content (AvgIpc) is 3.18. The first-order chi connectivity index (χ1) is 27.0. The molecule has 0 rings (SSSR count). The largest absolute Gasteiger partial charge is 0.466 e. The summed E-state index contributed by atoms with van der Waals surface area (Å²) >= 11 is 0. The van der Waals surface area contributed by atoms with Crippen molar-refractivity contribution in [3.63, 3.8) is 0 Å². The Kier molecular flexibility index (Phi) is 44.2.